The molecule has 2 aromatic rings. The van der Waals surface area contributed by atoms with Gasteiger partial charge in [-0.2, -0.15) is 0 Å². The Balaban J connectivity index is 2.51. The molecular weight excluding hydrogens is 396 g/mol. The van der Waals surface area contributed by atoms with Crippen LogP contribution in [0.1, 0.15) is 30.9 Å². The van der Waals surface area contributed by atoms with Crippen LogP contribution in [-0.2, 0) is 9.53 Å². The van der Waals surface area contributed by atoms with Crippen molar-refractivity contribution in [2.75, 3.05) is 0 Å². The fourth-order valence-electron chi connectivity index (χ4n) is 2.13. The maximum atomic E-state index is 12.6. The quantitative estimate of drug-likeness (QED) is 0.638. The van der Waals surface area contributed by atoms with E-state index in [-0.39, 0.29) is 12.1 Å². The smallest absolute Gasteiger partial charge is 0.318 e. The molecule has 0 radical (unpaired) electrons. The van der Waals surface area contributed by atoms with Crippen LogP contribution in [0.15, 0.2) is 57.5 Å². The van der Waals surface area contributed by atoms with Gasteiger partial charge in [-0.15, -0.1) is 0 Å². The first kappa shape index (κ1) is 16.2. The molecule has 0 heterocycles. The van der Waals surface area contributed by atoms with E-state index in [4.69, 9.17) is 4.74 Å². The largest absolute Gasteiger partial charge is 0.462 e. The first-order valence-corrected chi connectivity index (χ1v) is 8.28. The van der Waals surface area contributed by atoms with Crippen LogP contribution in [-0.4, -0.2) is 12.1 Å². The number of carbonyl (C=O) groups is 1. The fraction of sp³-hybridized carbons (Fsp3) is 0.235. The Morgan fingerprint density at radius 3 is 2.29 bits per heavy atom. The second-order valence-electron chi connectivity index (χ2n) is 4.97. The van der Waals surface area contributed by atoms with Gasteiger partial charge in [0.15, 0.2) is 0 Å². The molecule has 21 heavy (non-hydrogen) atoms. The lowest BCUT2D eigenvalue weighted by molar-refractivity contribution is -0.148. The topological polar surface area (TPSA) is 26.3 Å². The highest BCUT2D eigenvalue weighted by Crippen LogP contribution is 2.35. The van der Waals surface area contributed by atoms with Crippen LogP contribution in [0.4, 0.5) is 0 Å². The lowest BCUT2D eigenvalue weighted by Crippen LogP contribution is -2.21. The third-order valence-corrected chi connectivity index (χ3v) is 5.09. The van der Waals surface area contributed by atoms with Crippen LogP contribution in [0.2, 0.25) is 0 Å². The number of esters is 1. The second-order valence-corrected chi connectivity index (χ2v) is 6.62. The van der Waals surface area contributed by atoms with Crippen LogP contribution >= 0.6 is 31.9 Å². The molecule has 0 aromatic heterocycles. The molecule has 4 heteroatoms. The molecule has 0 bridgehead atoms. The molecule has 2 nitrogen and oxygen atoms in total. The number of carbonyl (C=O) groups excluding carboxylic acids is 1. The monoisotopic (exact) mass is 410 g/mol. The van der Waals surface area contributed by atoms with Crippen molar-refractivity contribution < 1.29 is 9.53 Å². The van der Waals surface area contributed by atoms with Crippen LogP contribution in [0.5, 0.6) is 0 Å². The van der Waals surface area contributed by atoms with Gasteiger partial charge in [-0.3, -0.25) is 4.79 Å². The van der Waals surface area contributed by atoms with E-state index < -0.39 is 5.92 Å². The number of halogens is 2. The Labute approximate surface area is 141 Å². The van der Waals surface area contributed by atoms with Crippen LogP contribution < -0.4 is 0 Å². The number of ether oxygens (including phenoxy) is 1. The summed E-state index contributed by atoms with van der Waals surface area (Å²) >= 11 is 7.05. The summed E-state index contributed by atoms with van der Waals surface area (Å²) in [6, 6.07) is 15.5. The average molecular weight is 412 g/mol. The van der Waals surface area contributed by atoms with Crippen molar-refractivity contribution in [3.05, 3.63) is 68.6 Å². The third kappa shape index (κ3) is 3.95. The van der Waals surface area contributed by atoms with Gasteiger partial charge < -0.3 is 4.74 Å². The molecule has 0 N–H and O–H groups in total. The third-order valence-electron chi connectivity index (χ3n) is 3.01. The highest BCUT2D eigenvalue weighted by Gasteiger charge is 2.27. The SMILES string of the molecule is CC(C)OC(=O)C(c1ccccc1)c1cccc(Br)c1Br. The van der Waals surface area contributed by atoms with Crippen LogP contribution in [0.3, 0.4) is 0 Å². The molecule has 110 valence electrons. The summed E-state index contributed by atoms with van der Waals surface area (Å²) < 4.78 is 7.23. The Hall–Kier alpha value is -1.13. The lowest BCUT2D eigenvalue weighted by Gasteiger charge is -2.20. The maximum absolute atomic E-state index is 12.6. The zero-order valence-corrected chi connectivity index (χ0v) is 15.0. The van der Waals surface area contributed by atoms with Gasteiger partial charge in [0.2, 0.25) is 0 Å². The van der Waals surface area contributed by atoms with Crippen molar-refractivity contribution in [2.24, 2.45) is 0 Å². The van der Waals surface area contributed by atoms with Gasteiger partial charge in [0.1, 0.15) is 5.92 Å². The molecule has 0 fully saturated rings. The van der Waals surface area contributed by atoms with Gasteiger partial charge in [0, 0.05) is 8.95 Å². The standard InChI is InChI=1S/C17H16Br2O2/c1-11(2)21-17(20)15(12-7-4-3-5-8-12)13-9-6-10-14(18)16(13)19/h3-11,15H,1-2H3. The molecule has 0 saturated heterocycles. The minimum atomic E-state index is -0.444. The normalized spacial score (nSPS) is 12.2. The summed E-state index contributed by atoms with van der Waals surface area (Å²) in [5.41, 5.74) is 1.81. The summed E-state index contributed by atoms with van der Waals surface area (Å²) in [5, 5.41) is 0. The summed E-state index contributed by atoms with van der Waals surface area (Å²) in [5.74, 6) is -0.685. The van der Waals surface area contributed by atoms with Gasteiger partial charge in [0.25, 0.3) is 0 Å². The van der Waals surface area contributed by atoms with E-state index >= 15 is 0 Å². The van der Waals surface area contributed by atoms with Crippen molar-refractivity contribution in [1.82, 2.24) is 0 Å². The number of benzene rings is 2. The Bertz CT molecular complexity index is 624. The minimum Gasteiger partial charge on any atom is -0.462 e. The minimum absolute atomic E-state index is 0.144. The summed E-state index contributed by atoms with van der Waals surface area (Å²) in [4.78, 5) is 12.6. The van der Waals surface area contributed by atoms with E-state index in [1.807, 2.05) is 62.4 Å². The number of hydrogen-bond donors (Lipinski definition) is 0. The van der Waals surface area contributed by atoms with E-state index in [0.29, 0.717) is 0 Å². The average Bonchev–Trinajstić information content (AvgIpc) is 2.44. The first-order valence-electron chi connectivity index (χ1n) is 6.70. The number of hydrogen-bond acceptors (Lipinski definition) is 2. The molecule has 0 saturated carbocycles. The van der Waals surface area contributed by atoms with Gasteiger partial charge in [0.05, 0.1) is 6.10 Å². The molecule has 0 aliphatic rings. The van der Waals surface area contributed by atoms with E-state index in [9.17, 15) is 4.79 Å². The van der Waals surface area contributed by atoms with Crippen molar-refractivity contribution in [3.63, 3.8) is 0 Å². The molecule has 1 atom stereocenters. The molecule has 0 aliphatic carbocycles. The van der Waals surface area contributed by atoms with Crippen LogP contribution in [0.25, 0.3) is 0 Å². The molecule has 2 aromatic carbocycles. The van der Waals surface area contributed by atoms with Crippen molar-refractivity contribution in [1.29, 1.82) is 0 Å². The van der Waals surface area contributed by atoms with E-state index in [1.165, 1.54) is 0 Å². The maximum Gasteiger partial charge on any atom is 0.318 e. The zero-order valence-electron chi connectivity index (χ0n) is 11.8. The number of rotatable bonds is 4. The molecule has 1 unspecified atom stereocenters. The lowest BCUT2D eigenvalue weighted by atomic mass is 9.91. The Morgan fingerprint density at radius 2 is 1.67 bits per heavy atom. The predicted molar refractivity (Wildman–Crippen MR) is 91.4 cm³/mol. The highest BCUT2D eigenvalue weighted by molar-refractivity contribution is 9.13. The van der Waals surface area contributed by atoms with Crippen LogP contribution in [0, 0.1) is 0 Å². The molecule has 0 amide bonds. The highest BCUT2D eigenvalue weighted by atomic mass is 79.9. The van der Waals surface area contributed by atoms with E-state index in [0.717, 1.165) is 20.1 Å². The molecular formula is C17H16Br2O2. The first-order chi connectivity index (χ1) is 10.0. The zero-order chi connectivity index (χ0) is 15.4. The molecule has 0 aliphatic heterocycles. The van der Waals surface area contributed by atoms with Crippen molar-refractivity contribution >= 4 is 37.8 Å². The van der Waals surface area contributed by atoms with Gasteiger partial charge >= 0.3 is 5.97 Å². The Kier molecular flexibility index (Phi) is 5.59. The van der Waals surface area contributed by atoms with E-state index in [2.05, 4.69) is 31.9 Å². The Morgan fingerprint density at radius 1 is 1.00 bits per heavy atom. The van der Waals surface area contributed by atoms with Crippen molar-refractivity contribution in [3.8, 4) is 0 Å². The summed E-state index contributed by atoms with van der Waals surface area (Å²) in [6.45, 7) is 3.71. The molecule has 0 spiro atoms. The van der Waals surface area contributed by atoms with Crippen molar-refractivity contribution in [2.45, 2.75) is 25.9 Å². The molecule has 2 rings (SSSR count). The second kappa shape index (κ2) is 7.23. The summed E-state index contributed by atoms with van der Waals surface area (Å²) in [7, 11) is 0. The summed E-state index contributed by atoms with van der Waals surface area (Å²) in [6.07, 6.45) is -0.144. The van der Waals surface area contributed by atoms with E-state index in [1.54, 1.807) is 0 Å². The predicted octanol–water partition coefficient (Wildman–Crippen LogP) is 5.30. The van der Waals surface area contributed by atoms with Gasteiger partial charge in [-0.1, -0.05) is 42.5 Å². The fourth-order valence-corrected chi connectivity index (χ4v) is 3.01. The van der Waals surface area contributed by atoms with Gasteiger partial charge in [-0.25, -0.2) is 0 Å². The van der Waals surface area contributed by atoms with Gasteiger partial charge in [-0.05, 0) is 62.9 Å².